The van der Waals surface area contributed by atoms with Crippen LogP contribution in [0.5, 0.6) is 0 Å². The molecule has 0 bridgehead atoms. The van der Waals surface area contributed by atoms with E-state index < -0.39 is 0 Å². The molecular weight excluding hydrogens is 499 g/mol. The van der Waals surface area contributed by atoms with E-state index in [-0.39, 0.29) is 16.2 Å². The lowest BCUT2D eigenvalue weighted by molar-refractivity contribution is 0.554. The van der Waals surface area contributed by atoms with Crippen molar-refractivity contribution in [2.75, 3.05) is 0 Å². The van der Waals surface area contributed by atoms with Gasteiger partial charge in [0.1, 0.15) is 5.29 Å². The van der Waals surface area contributed by atoms with E-state index in [0.717, 1.165) is 24.6 Å². The van der Waals surface area contributed by atoms with Crippen molar-refractivity contribution in [2.45, 2.75) is 78.6 Å². The van der Waals surface area contributed by atoms with E-state index in [4.69, 9.17) is 0 Å². The summed E-state index contributed by atoms with van der Waals surface area (Å²) in [5, 5.41) is 2.07. The molecule has 0 fully saturated rings. The summed E-state index contributed by atoms with van der Waals surface area (Å²) < 4.78 is 0. The maximum Gasteiger partial charge on any atom is 0.104 e. The molecule has 1 heteroatoms. The van der Waals surface area contributed by atoms with Gasteiger partial charge in [-0.1, -0.05) is 123 Å². The topological polar surface area (TPSA) is 0 Å². The fourth-order valence-electron chi connectivity index (χ4n) is 3.96. The van der Waals surface area contributed by atoms with Gasteiger partial charge in [0.2, 0.25) is 0 Å². The first-order valence-corrected chi connectivity index (χ1v) is 14.6. The molecule has 0 saturated carbocycles. The lowest BCUT2D eigenvalue weighted by atomic mass is 9.75. The van der Waals surface area contributed by atoms with Crippen molar-refractivity contribution < 1.29 is 0 Å². The van der Waals surface area contributed by atoms with Crippen LogP contribution in [0.1, 0.15) is 90.1 Å². The molecule has 3 aromatic rings. The maximum absolute atomic E-state index is 3.28. The summed E-state index contributed by atoms with van der Waals surface area (Å²) in [6.45, 7) is 20.6. The Balaban J connectivity index is 2.24. The average Bonchev–Trinajstić information content (AvgIpc) is 2.88. The van der Waals surface area contributed by atoms with Crippen LogP contribution in [0.3, 0.4) is 0 Å². The molecule has 40 heavy (non-hydrogen) atoms. The molecule has 0 aliphatic heterocycles. The number of benzene rings is 3. The number of hydrogen-bond donors (Lipinski definition) is 0. The molecule has 0 atom stereocenters. The molecule has 0 radical (unpaired) electrons. The Morgan fingerprint density at radius 1 is 0.525 bits per heavy atom. The van der Waals surface area contributed by atoms with Crippen LogP contribution in [0.15, 0.2) is 72.8 Å². The monoisotopic (exact) mass is 538 g/mol. The van der Waals surface area contributed by atoms with Crippen molar-refractivity contribution in [1.82, 2.24) is 0 Å². The molecule has 0 nitrogen and oxygen atoms in total. The fourth-order valence-corrected chi connectivity index (χ4v) is 5.45. The van der Waals surface area contributed by atoms with Crippen LogP contribution >= 0.6 is 8.20 Å². The van der Waals surface area contributed by atoms with Crippen LogP contribution in [0.25, 0.3) is 0 Å². The summed E-state index contributed by atoms with van der Waals surface area (Å²) in [5.41, 5.74) is 5.85. The second kappa shape index (κ2) is 12.9. The summed E-state index contributed by atoms with van der Waals surface area (Å²) in [4.78, 5) is 0. The lowest BCUT2D eigenvalue weighted by Crippen LogP contribution is -2.30. The van der Waals surface area contributed by atoms with E-state index in [0.29, 0.717) is 0 Å². The highest BCUT2D eigenvalue weighted by atomic mass is 31.1. The van der Waals surface area contributed by atoms with E-state index in [2.05, 4.69) is 122 Å². The molecule has 3 aromatic carbocycles. The Kier molecular flexibility index (Phi) is 9.91. The zero-order valence-corrected chi connectivity index (χ0v) is 26.3. The van der Waals surface area contributed by atoms with Gasteiger partial charge in [0.25, 0.3) is 0 Å². The average molecular weight is 539 g/mol. The summed E-state index contributed by atoms with van der Waals surface area (Å²) in [7, 11) is 0.975. The Labute approximate surface area is 244 Å². The molecule has 200 valence electrons. The molecule has 0 aliphatic carbocycles. The highest BCUT2D eigenvalue weighted by molar-refractivity contribution is 7.50. The van der Waals surface area contributed by atoms with Crippen LogP contribution in [-0.4, -0.2) is 5.29 Å². The summed E-state index contributed by atoms with van der Waals surface area (Å²) >= 11 is 0. The molecule has 3 rings (SSSR count). The summed E-state index contributed by atoms with van der Waals surface area (Å²) in [5.74, 6) is 25.0. The van der Waals surface area contributed by atoms with Gasteiger partial charge in [-0.3, -0.25) is 0 Å². The molecule has 0 unspecified atom stereocenters. The minimum absolute atomic E-state index is 0.0433. The zero-order valence-electron chi connectivity index (χ0n) is 25.4. The van der Waals surface area contributed by atoms with Crippen molar-refractivity contribution in [3.8, 4) is 47.4 Å². The molecule has 0 aromatic heterocycles. The van der Waals surface area contributed by atoms with E-state index in [1.165, 1.54) is 22.0 Å². The van der Waals surface area contributed by atoms with Crippen LogP contribution < -0.4 is 5.30 Å². The molecule has 0 amide bonds. The number of hydrogen-bond acceptors (Lipinski definition) is 0. The number of rotatable bonds is 1. The van der Waals surface area contributed by atoms with Gasteiger partial charge in [-0.2, -0.15) is 0 Å². The van der Waals surface area contributed by atoms with Crippen molar-refractivity contribution in [2.24, 2.45) is 0 Å². The largest absolute Gasteiger partial charge is 0.104 e. The van der Waals surface area contributed by atoms with Crippen LogP contribution in [-0.2, 0) is 16.2 Å². The van der Waals surface area contributed by atoms with Crippen molar-refractivity contribution in [1.29, 1.82) is 0 Å². The van der Waals surface area contributed by atoms with Gasteiger partial charge >= 0.3 is 0 Å². The van der Waals surface area contributed by atoms with Crippen LogP contribution in [0.4, 0.5) is 0 Å². The molecule has 0 N–H and O–H groups in total. The SMILES string of the molecule is CC(C)(C)c1cc(C(C)(C)C)c(P=C(C#CC#Cc2ccccc2)C#CC#Cc2ccccc2)c(C(C)(C)C)c1. The smallest absolute Gasteiger partial charge is 0.0622 e. The van der Waals surface area contributed by atoms with Gasteiger partial charge in [0.15, 0.2) is 0 Å². The minimum atomic E-state index is -0.0458. The molecular formula is C39H39P. The van der Waals surface area contributed by atoms with Gasteiger partial charge in [0, 0.05) is 16.4 Å². The van der Waals surface area contributed by atoms with Crippen LogP contribution in [0.2, 0.25) is 0 Å². The van der Waals surface area contributed by atoms with E-state index in [1.54, 1.807) is 0 Å². The Morgan fingerprint density at radius 3 is 1.27 bits per heavy atom. The molecule has 0 spiro atoms. The predicted octanol–water partition coefficient (Wildman–Crippen LogP) is 8.43. The second-order valence-electron chi connectivity index (χ2n) is 12.9. The zero-order chi connectivity index (χ0) is 29.4. The Hall–Kier alpha value is -3.93. The first kappa shape index (κ1) is 30.6. The van der Waals surface area contributed by atoms with E-state index >= 15 is 0 Å². The first-order chi connectivity index (χ1) is 18.7. The second-order valence-corrected chi connectivity index (χ2v) is 14.0. The van der Waals surface area contributed by atoms with Crippen molar-refractivity contribution in [3.05, 3.63) is 101 Å². The summed E-state index contributed by atoms with van der Waals surface area (Å²) in [6, 6.07) is 24.6. The van der Waals surface area contributed by atoms with Gasteiger partial charge in [0.05, 0.1) is 0 Å². The van der Waals surface area contributed by atoms with Crippen LogP contribution in [0, 0.1) is 47.4 Å². The van der Waals surface area contributed by atoms with Gasteiger partial charge in [-0.15, -0.1) is 0 Å². The first-order valence-electron chi connectivity index (χ1n) is 13.7. The van der Waals surface area contributed by atoms with Gasteiger partial charge in [-0.25, -0.2) is 0 Å². The normalized spacial score (nSPS) is 11.0. The van der Waals surface area contributed by atoms with Gasteiger partial charge < -0.3 is 0 Å². The van der Waals surface area contributed by atoms with E-state index in [1.807, 2.05) is 60.7 Å². The third kappa shape index (κ3) is 9.08. The predicted molar refractivity (Wildman–Crippen MR) is 176 cm³/mol. The molecule has 0 saturated heterocycles. The molecule has 0 aliphatic rings. The third-order valence-corrected chi connectivity index (χ3v) is 7.42. The fraction of sp³-hybridized carbons (Fsp3) is 0.308. The van der Waals surface area contributed by atoms with Gasteiger partial charge in [-0.05, 0) is 101 Å². The lowest BCUT2D eigenvalue weighted by Gasteiger charge is -2.32. The van der Waals surface area contributed by atoms with Crippen molar-refractivity contribution >= 4 is 18.8 Å². The maximum atomic E-state index is 3.28. The Bertz CT molecular complexity index is 1500. The standard InChI is InChI=1S/C39H39P/c1-37(2,3)32-28-34(38(4,5)6)36(35(29-32)39(7,8)9)40-33(26-18-16-24-30-20-12-10-13-21-30)27-19-17-25-31-22-14-11-15-23-31/h10-15,20-23,28-29H,1-9H3. The van der Waals surface area contributed by atoms with Crippen molar-refractivity contribution in [3.63, 3.8) is 0 Å². The highest BCUT2D eigenvalue weighted by Gasteiger charge is 2.28. The molecule has 0 heterocycles. The highest BCUT2D eigenvalue weighted by Crippen LogP contribution is 2.35. The summed E-state index contributed by atoms with van der Waals surface area (Å²) in [6.07, 6.45) is 0. The Morgan fingerprint density at radius 2 is 0.925 bits per heavy atom. The van der Waals surface area contributed by atoms with E-state index in [9.17, 15) is 0 Å². The minimum Gasteiger partial charge on any atom is -0.0622 e. The third-order valence-electron chi connectivity index (χ3n) is 6.26. The quantitative estimate of drug-likeness (QED) is 0.215.